The van der Waals surface area contributed by atoms with E-state index in [4.69, 9.17) is 32.4 Å². The summed E-state index contributed by atoms with van der Waals surface area (Å²) in [5.41, 5.74) is 1.24. The van der Waals surface area contributed by atoms with E-state index in [1.165, 1.54) is 42.1 Å². The fraction of sp³-hybridized carbons (Fsp3) is 0.130. The molecule has 1 atom stereocenters. The van der Waals surface area contributed by atoms with Crippen LogP contribution in [0.25, 0.3) is 17.0 Å². The fourth-order valence-corrected chi connectivity index (χ4v) is 4.03. The van der Waals surface area contributed by atoms with E-state index < -0.39 is 22.8 Å². The van der Waals surface area contributed by atoms with Gasteiger partial charge in [0, 0.05) is 28.6 Å². The third-order valence-corrected chi connectivity index (χ3v) is 6.72. The number of nitrogens with one attached hydrogen (secondary N) is 1. The van der Waals surface area contributed by atoms with Gasteiger partial charge in [0.15, 0.2) is 5.76 Å². The van der Waals surface area contributed by atoms with Crippen molar-refractivity contribution in [2.75, 3.05) is 7.11 Å². The van der Waals surface area contributed by atoms with Gasteiger partial charge in [-0.25, -0.2) is 9.48 Å². The lowest BCUT2D eigenvalue weighted by atomic mass is 10.1. The van der Waals surface area contributed by atoms with Gasteiger partial charge in [-0.2, -0.15) is 0 Å². The first-order chi connectivity index (χ1) is 17.7. The highest BCUT2D eigenvalue weighted by Gasteiger charge is 2.26. The van der Waals surface area contributed by atoms with Gasteiger partial charge in [0.2, 0.25) is 0 Å². The molecule has 0 aliphatic rings. The Labute approximate surface area is 227 Å². The van der Waals surface area contributed by atoms with Crippen LogP contribution in [-0.4, -0.2) is 44.9 Å². The Kier molecular flexibility index (Phi) is 7.91. The van der Waals surface area contributed by atoms with Crippen LogP contribution in [0.5, 0.6) is 0 Å². The van der Waals surface area contributed by atoms with E-state index in [-0.39, 0.29) is 28.7 Å². The van der Waals surface area contributed by atoms with E-state index in [0.29, 0.717) is 22.0 Å². The summed E-state index contributed by atoms with van der Waals surface area (Å²) in [4.78, 5) is 35.6. The van der Waals surface area contributed by atoms with Gasteiger partial charge in [-0.3, -0.25) is 14.9 Å². The molecule has 2 heterocycles. The number of ether oxygens (including phenoxy) is 1. The van der Waals surface area contributed by atoms with Crippen LogP contribution in [0.4, 0.5) is 5.69 Å². The van der Waals surface area contributed by atoms with Crippen LogP contribution in [0, 0.1) is 10.1 Å². The molecule has 37 heavy (non-hydrogen) atoms. The van der Waals surface area contributed by atoms with Gasteiger partial charge in [-0.05, 0) is 52.3 Å². The molecule has 0 spiro atoms. The van der Waals surface area contributed by atoms with Crippen LogP contribution in [0.2, 0.25) is 10.0 Å². The number of nitrogens with zero attached hydrogens (tertiary/aromatic N) is 4. The third-order valence-electron chi connectivity index (χ3n) is 5.17. The quantitative estimate of drug-likeness (QED) is 0.167. The number of benzene rings is 2. The summed E-state index contributed by atoms with van der Waals surface area (Å²) in [7, 11) is 1.20. The minimum atomic E-state index is -1.09. The first-order valence-electron chi connectivity index (χ1n) is 10.5. The molecule has 1 amide bonds. The monoisotopic (exact) mass is 607 g/mol. The van der Waals surface area contributed by atoms with Crippen molar-refractivity contribution in [3.63, 3.8) is 0 Å². The van der Waals surface area contributed by atoms with Crippen LogP contribution in [0.3, 0.4) is 0 Å². The number of carbonyl (C=O) groups excluding carboxylic acids is 2. The molecule has 2 aromatic heterocycles. The molecule has 1 N–H and O–H groups in total. The van der Waals surface area contributed by atoms with Gasteiger partial charge in [-0.15, -0.1) is 5.10 Å². The first kappa shape index (κ1) is 26.3. The number of halogens is 3. The van der Waals surface area contributed by atoms with Crippen molar-refractivity contribution in [1.82, 2.24) is 20.3 Å². The summed E-state index contributed by atoms with van der Waals surface area (Å²) >= 11 is 15.6. The second-order valence-corrected chi connectivity index (χ2v) is 9.26. The second-order valence-electron chi connectivity index (χ2n) is 7.59. The van der Waals surface area contributed by atoms with Gasteiger partial charge in [0.25, 0.3) is 11.6 Å². The average Bonchev–Trinajstić information content (AvgIpc) is 3.55. The van der Waals surface area contributed by atoms with Crippen molar-refractivity contribution < 1.29 is 23.7 Å². The molecule has 11 nitrogen and oxygen atoms in total. The maximum Gasteiger partial charge on any atom is 0.328 e. The molecule has 0 aliphatic carbocycles. The lowest BCUT2D eigenvalue weighted by molar-refractivity contribution is -0.384. The normalized spacial score (nSPS) is 11.7. The largest absolute Gasteiger partial charge is 0.467 e. The molecule has 4 aromatic rings. The highest BCUT2D eigenvalue weighted by Crippen LogP contribution is 2.32. The maximum atomic E-state index is 12.8. The van der Waals surface area contributed by atoms with Crippen LogP contribution in [0.1, 0.15) is 16.2 Å². The number of aromatic nitrogens is 3. The number of methoxy groups -OCH3 is 1. The zero-order valence-corrected chi connectivity index (χ0v) is 22.0. The summed E-state index contributed by atoms with van der Waals surface area (Å²) in [6, 6.07) is 10.9. The van der Waals surface area contributed by atoms with Crippen molar-refractivity contribution in [3.8, 4) is 17.0 Å². The number of amides is 1. The molecule has 0 aliphatic heterocycles. The Morgan fingerprint density at radius 1 is 1.19 bits per heavy atom. The highest BCUT2D eigenvalue weighted by molar-refractivity contribution is 9.10. The highest BCUT2D eigenvalue weighted by atomic mass is 79.9. The number of furan rings is 1. The molecule has 0 radical (unpaired) electrons. The molecular weight excluding hydrogens is 593 g/mol. The molecule has 2 aromatic carbocycles. The summed E-state index contributed by atoms with van der Waals surface area (Å²) < 4.78 is 12.6. The molecule has 190 valence electrons. The smallest absolute Gasteiger partial charge is 0.328 e. The van der Waals surface area contributed by atoms with Gasteiger partial charge >= 0.3 is 5.97 Å². The maximum absolute atomic E-state index is 12.8. The third kappa shape index (κ3) is 5.98. The van der Waals surface area contributed by atoms with Crippen LogP contribution in [-0.2, 0) is 16.0 Å². The Hall–Kier alpha value is -3.74. The second kappa shape index (κ2) is 11.1. The summed E-state index contributed by atoms with van der Waals surface area (Å²) in [6.07, 6.45) is 1.59. The molecule has 0 saturated carbocycles. The Morgan fingerprint density at radius 3 is 2.65 bits per heavy atom. The molecule has 1 unspecified atom stereocenters. The molecule has 0 fully saturated rings. The number of non-ortho nitro benzene ring substituents is 1. The number of nitro groups is 1. The Bertz CT molecular complexity index is 1500. The molecule has 0 bridgehead atoms. The summed E-state index contributed by atoms with van der Waals surface area (Å²) in [5, 5.41) is 22.2. The molecule has 0 saturated heterocycles. The fourth-order valence-electron chi connectivity index (χ4n) is 3.34. The van der Waals surface area contributed by atoms with Crippen molar-refractivity contribution in [1.29, 1.82) is 0 Å². The van der Waals surface area contributed by atoms with Crippen LogP contribution < -0.4 is 5.32 Å². The van der Waals surface area contributed by atoms with E-state index in [9.17, 15) is 19.7 Å². The van der Waals surface area contributed by atoms with Crippen LogP contribution >= 0.6 is 39.1 Å². The number of hydrogen-bond acceptors (Lipinski definition) is 8. The van der Waals surface area contributed by atoms with E-state index in [1.54, 1.807) is 24.4 Å². The standard InChI is InChI=1S/C23H16BrCl2N5O6/c1-36-23(33)19(8-12-11-30(29-28-12)13-3-5-16(24)18(26)9-13)27-22(32)21-7-6-20(37-21)15-4-2-14(31(34)35)10-17(15)25/h2-7,9-11,19H,8H2,1H3,(H,27,32). The molecule has 4 rings (SSSR count). The van der Waals surface area contributed by atoms with E-state index >= 15 is 0 Å². The van der Waals surface area contributed by atoms with Crippen molar-refractivity contribution in [2.24, 2.45) is 0 Å². The predicted molar refractivity (Wildman–Crippen MR) is 137 cm³/mol. The Morgan fingerprint density at radius 2 is 1.97 bits per heavy atom. The Balaban J connectivity index is 1.49. The minimum absolute atomic E-state index is 0.00950. The van der Waals surface area contributed by atoms with Crippen LogP contribution in [0.15, 0.2) is 63.6 Å². The van der Waals surface area contributed by atoms with E-state index in [2.05, 4.69) is 31.6 Å². The van der Waals surface area contributed by atoms with Gasteiger partial charge in [0.05, 0.1) is 39.7 Å². The summed E-state index contributed by atoms with van der Waals surface area (Å²) in [5.74, 6) is -1.27. The number of rotatable bonds is 8. The summed E-state index contributed by atoms with van der Waals surface area (Å²) in [6.45, 7) is 0. The molecule has 14 heteroatoms. The molecular formula is C23H16BrCl2N5O6. The van der Waals surface area contributed by atoms with E-state index in [0.717, 1.165) is 4.47 Å². The lowest BCUT2D eigenvalue weighted by Gasteiger charge is -2.14. The zero-order chi connectivity index (χ0) is 26.7. The van der Waals surface area contributed by atoms with Crippen molar-refractivity contribution >= 4 is 56.7 Å². The lowest BCUT2D eigenvalue weighted by Crippen LogP contribution is -2.43. The minimum Gasteiger partial charge on any atom is -0.467 e. The number of hydrogen-bond donors (Lipinski definition) is 1. The first-order valence-corrected chi connectivity index (χ1v) is 12.0. The van der Waals surface area contributed by atoms with Gasteiger partial charge < -0.3 is 14.5 Å². The van der Waals surface area contributed by atoms with Crippen molar-refractivity contribution in [3.05, 3.63) is 90.8 Å². The van der Waals surface area contributed by atoms with E-state index in [1.807, 2.05) is 0 Å². The van der Waals surface area contributed by atoms with Crippen molar-refractivity contribution in [2.45, 2.75) is 12.5 Å². The van der Waals surface area contributed by atoms with Gasteiger partial charge in [-0.1, -0.05) is 28.4 Å². The topological polar surface area (TPSA) is 142 Å². The van der Waals surface area contributed by atoms with Gasteiger partial charge in [0.1, 0.15) is 11.8 Å². The number of carbonyl (C=O) groups is 2. The number of nitro benzene ring substituents is 1. The number of esters is 1. The average molecular weight is 609 g/mol. The zero-order valence-electron chi connectivity index (χ0n) is 18.9. The predicted octanol–water partition coefficient (Wildman–Crippen LogP) is 5.02. The SMILES string of the molecule is COC(=O)C(Cc1cn(-c2ccc(Br)c(Cl)c2)nn1)NC(=O)c1ccc(-c2ccc([N+](=O)[O-])cc2Cl)o1.